The van der Waals surface area contributed by atoms with Gasteiger partial charge in [-0.05, 0) is 78.8 Å². The standard InChI is InChI=1S/C27H35FN/c1-15(2)26(16(3)4)24-13-21-12-19(7)29(9)27(23(21)14-25(24)28)22-11-17(5)10-18(6)20(22)8/h10-16,26H,1-9H3/q+1/i12D. The van der Waals surface area contributed by atoms with Gasteiger partial charge in [-0.2, -0.15) is 4.57 Å². The van der Waals surface area contributed by atoms with Gasteiger partial charge in [-0.15, -0.1) is 0 Å². The predicted molar refractivity (Wildman–Crippen MR) is 122 cm³/mol. The minimum Gasteiger partial charge on any atom is -0.207 e. The third-order valence-corrected chi connectivity index (χ3v) is 6.41. The lowest BCUT2D eigenvalue weighted by Gasteiger charge is -2.26. The first-order valence-corrected chi connectivity index (χ1v) is 10.7. The molecule has 0 saturated heterocycles. The fourth-order valence-electron chi connectivity index (χ4n) is 4.87. The number of fused-ring (bicyclic) bond motifs is 1. The molecule has 0 amide bonds. The molecule has 0 atom stereocenters. The highest BCUT2D eigenvalue weighted by molar-refractivity contribution is 5.94. The van der Waals surface area contributed by atoms with Crippen molar-refractivity contribution in [1.82, 2.24) is 0 Å². The summed E-state index contributed by atoms with van der Waals surface area (Å²) >= 11 is 0. The molecule has 0 unspecified atom stereocenters. The van der Waals surface area contributed by atoms with Crippen LogP contribution >= 0.6 is 0 Å². The summed E-state index contributed by atoms with van der Waals surface area (Å²) in [5.74, 6) is 0.609. The van der Waals surface area contributed by atoms with Gasteiger partial charge in [-0.3, -0.25) is 0 Å². The summed E-state index contributed by atoms with van der Waals surface area (Å²) in [7, 11) is 1.98. The molecule has 0 radical (unpaired) electrons. The lowest BCUT2D eigenvalue weighted by Crippen LogP contribution is -2.35. The SMILES string of the molecule is [2H]c1c(C)[n+](C)c(-c2cc(C)cc(C)c2C)c2cc(F)c(C(C(C)C)C(C)C)cc12. The number of hydrogen-bond donors (Lipinski definition) is 0. The number of aromatic nitrogens is 1. The Morgan fingerprint density at radius 1 is 0.931 bits per heavy atom. The average Bonchev–Trinajstić information content (AvgIpc) is 2.64. The minimum atomic E-state index is -0.165. The van der Waals surface area contributed by atoms with Crippen LogP contribution in [0.1, 0.15) is 62.9 Å². The molecule has 0 bridgehead atoms. The Labute approximate surface area is 177 Å². The quantitative estimate of drug-likeness (QED) is 0.416. The van der Waals surface area contributed by atoms with Gasteiger partial charge in [0.15, 0.2) is 5.69 Å². The highest BCUT2D eigenvalue weighted by Gasteiger charge is 2.26. The van der Waals surface area contributed by atoms with Crippen LogP contribution in [-0.2, 0) is 7.05 Å². The molecule has 1 nitrogen and oxygen atoms in total. The molecule has 3 rings (SSSR count). The Kier molecular flexibility index (Phi) is 5.46. The molecule has 0 aliphatic heterocycles. The van der Waals surface area contributed by atoms with Gasteiger partial charge in [0.1, 0.15) is 12.9 Å². The Bertz CT molecular complexity index is 1120. The van der Waals surface area contributed by atoms with E-state index >= 15 is 4.39 Å². The number of benzene rings is 2. The van der Waals surface area contributed by atoms with Crippen molar-refractivity contribution in [2.24, 2.45) is 18.9 Å². The van der Waals surface area contributed by atoms with E-state index in [1.54, 1.807) is 6.07 Å². The molecular weight excluding hydrogens is 357 g/mol. The van der Waals surface area contributed by atoms with Gasteiger partial charge in [0.05, 0.1) is 12.3 Å². The van der Waals surface area contributed by atoms with Gasteiger partial charge in [-0.1, -0.05) is 39.3 Å². The van der Waals surface area contributed by atoms with Gasteiger partial charge >= 0.3 is 0 Å². The van der Waals surface area contributed by atoms with Crippen LogP contribution < -0.4 is 4.57 Å². The lowest BCUT2D eigenvalue weighted by molar-refractivity contribution is -0.665. The minimum absolute atomic E-state index is 0.120. The van der Waals surface area contributed by atoms with Crippen molar-refractivity contribution in [2.45, 2.75) is 61.3 Å². The van der Waals surface area contributed by atoms with Crippen LogP contribution in [-0.4, -0.2) is 0 Å². The predicted octanol–water partition coefficient (Wildman–Crippen LogP) is 7.10. The zero-order valence-corrected chi connectivity index (χ0v) is 19.4. The first-order chi connectivity index (χ1) is 14.0. The topological polar surface area (TPSA) is 3.88 Å². The van der Waals surface area contributed by atoms with E-state index < -0.39 is 0 Å². The third kappa shape index (κ3) is 3.82. The van der Waals surface area contributed by atoms with Crippen LogP contribution in [0.5, 0.6) is 0 Å². The number of aryl methyl sites for hydroxylation is 2. The number of rotatable bonds is 4. The smallest absolute Gasteiger partial charge is 0.207 e. The van der Waals surface area contributed by atoms with E-state index in [-0.39, 0.29) is 11.7 Å². The van der Waals surface area contributed by atoms with E-state index in [9.17, 15) is 0 Å². The zero-order chi connectivity index (χ0) is 22.5. The highest BCUT2D eigenvalue weighted by Crippen LogP contribution is 2.38. The molecule has 0 aliphatic rings. The molecular formula is C27H35FN+. The van der Waals surface area contributed by atoms with Gasteiger partial charge in [0.25, 0.3) is 0 Å². The Morgan fingerprint density at radius 2 is 1.55 bits per heavy atom. The van der Waals surface area contributed by atoms with Crippen molar-refractivity contribution in [2.75, 3.05) is 0 Å². The Balaban J connectivity index is 2.46. The van der Waals surface area contributed by atoms with E-state index in [4.69, 9.17) is 1.37 Å². The van der Waals surface area contributed by atoms with Crippen LogP contribution in [0.4, 0.5) is 4.39 Å². The second-order valence-corrected chi connectivity index (χ2v) is 9.31. The zero-order valence-electron chi connectivity index (χ0n) is 20.4. The summed E-state index contributed by atoms with van der Waals surface area (Å²) in [6.07, 6.45) is 0. The molecule has 2 aromatic carbocycles. The van der Waals surface area contributed by atoms with Crippen molar-refractivity contribution >= 4 is 10.8 Å². The van der Waals surface area contributed by atoms with E-state index in [0.717, 1.165) is 33.3 Å². The average molecular weight is 394 g/mol. The summed E-state index contributed by atoms with van der Waals surface area (Å²) in [5.41, 5.74) is 7.32. The van der Waals surface area contributed by atoms with Crippen LogP contribution in [0.25, 0.3) is 22.0 Å². The molecule has 0 fully saturated rings. The van der Waals surface area contributed by atoms with E-state index in [1.165, 1.54) is 16.7 Å². The molecule has 1 heterocycles. The molecule has 154 valence electrons. The van der Waals surface area contributed by atoms with Crippen molar-refractivity contribution in [3.05, 3.63) is 64.1 Å². The van der Waals surface area contributed by atoms with E-state index in [2.05, 4.69) is 60.6 Å². The summed E-state index contributed by atoms with van der Waals surface area (Å²) in [6, 6.07) is 8.46. The van der Waals surface area contributed by atoms with Crippen LogP contribution in [0.3, 0.4) is 0 Å². The molecule has 0 saturated carbocycles. The molecule has 2 heteroatoms. The van der Waals surface area contributed by atoms with Gasteiger partial charge < -0.3 is 0 Å². The molecule has 0 aliphatic carbocycles. The number of nitrogens with zero attached hydrogens (tertiary/aromatic N) is 1. The second-order valence-electron chi connectivity index (χ2n) is 9.31. The molecule has 0 N–H and O–H groups in total. The van der Waals surface area contributed by atoms with E-state index in [1.807, 2.05) is 24.6 Å². The largest absolute Gasteiger partial charge is 0.220 e. The molecule has 0 spiro atoms. The highest BCUT2D eigenvalue weighted by atomic mass is 19.1. The van der Waals surface area contributed by atoms with Gasteiger partial charge in [0.2, 0.25) is 5.69 Å². The van der Waals surface area contributed by atoms with Crippen molar-refractivity contribution in [1.29, 1.82) is 0 Å². The summed E-state index contributed by atoms with van der Waals surface area (Å²) in [4.78, 5) is 0. The maximum Gasteiger partial charge on any atom is 0.220 e. The van der Waals surface area contributed by atoms with Crippen molar-refractivity contribution in [3.63, 3.8) is 0 Å². The number of halogens is 1. The van der Waals surface area contributed by atoms with Crippen LogP contribution in [0.2, 0.25) is 0 Å². The Morgan fingerprint density at radius 3 is 2.14 bits per heavy atom. The van der Waals surface area contributed by atoms with E-state index in [0.29, 0.717) is 17.9 Å². The van der Waals surface area contributed by atoms with Gasteiger partial charge in [-0.25, -0.2) is 4.39 Å². The van der Waals surface area contributed by atoms with Crippen LogP contribution in [0.15, 0.2) is 30.3 Å². The molecule has 3 aromatic rings. The maximum atomic E-state index is 15.5. The second kappa shape index (κ2) is 7.89. The lowest BCUT2D eigenvalue weighted by atomic mass is 9.79. The van der Waals surface area contributed by atoms with Crippen LogP contribution in [0, 0.1) is 45.3 Å². The fourth-order valence-corrected chi connectivity index (χ4v) is 4.87. The fraction of sp³-hybridized carbons (Fsp3) is 0.444. The Hall–Kier alpha value is -2.22. The molecule has 29 heavy (non-hydrogen) atoms. The number of pyridine rings is 1. The first kappa shape index (κ1) is 20.1. The van der Waals surface area contributed by atoms with Crippen molar-refractivity contribution in [3.8, 4) is 11.3 Å². The first-order valence-electron chi connectivity index (χ1n) is 11.2. The maximum absolute atomic E-state index is 15.5. The monoisotopic (exact) mass is 393 g/mol. The molecule has 1 aromatic heterocycles. The summed E-state index contributed by atoms with van der Waals surface area (Å²) < 4.78 is 26.4. The summed E-state index contributed by atoms with van der Waals surface area (Å²) in [6.45, 7) is 16.9. The van der Waals surface area contributed by atoms with Gasteiger partial charge in [0, 0.05) is 13.0 Å². The van der Waals surface area contributed by atoms with Crippen molar-refractivity contribution < 1.29 is 10.3 Å². The normalized spacial score (nSPS) is 12.5. The third-order valence-electron chi connectivity index (χ3n) is 6.41. The summed E-state index contributed by atoms with van der Waals surface area (Å²) in [5, 5.41) is 1.65. The number of hydrogen-bond acceptors (Lipinski definition) is 0.